The first kappa shape index (κ1) is 17.9. The van der Waals surface area contributed by atoms with Crippen molar-refractivity contribution in [2.24, 2.45) is 0 Å². The third kappa shape index (κ3) is 3.85. The third-order valence-corrected chi connectivity index (χ3v) is 4.66. The van der Waals surface area contributed by atoms with E-state index < -0.39 is 0 Å². The van der Waals surface area contributed by atoms with Crippen LogP contribution in [0.15, 0.2) is 41.6 Å². The Bertz CT molecular complexity index is 935. The van der Waals surface area contributed by atoms with E-state index in [0.717, 1.165) is 27.8 Å². The molecule has 3 aromatic rings. The van der Waals surface area contributed by atoms with E-state index in [2.05, 4.69) is 25.6 Å². The summed E-state index contributed by atoms with van der Waals surface area (Å²) in [7, 11) is 0. The molecule has 26 heavy (non-hydrogen) atoms. The molecule has 0 radical (unpaired) electrons. The highest BCUT2D eigenvalue weighted by Gasteiger charge is 2.12. The molecule has 7 nitrogen and oxygen atoms in total. The molecule has 2 amide bonds. The number of hydrogen-bond acceptors (Lipinski definition) is 5. The third-order valence-electron chi connectivity index (χ3n) is 3.94. The van der Waals surface area contributed by atoms with Crippen LogP contribution in [0.4, 0.5) is 16.2 Å². The summed E-state index contributed by atoms with van der Waals surface area (Å²) in [5.74, 6) is 1.35. The minimum Gasteiger partial charge on any atom is -0.308 e. The molecule has 1 aromatic carbocycles. The predicted octanol–water partition coefficient (Wildman–Crippen LogP) is 3.95. The van der Waals surface area contributed by atoms with E-state index in [4.69, 9.17) is 0 Å². The first-order valence-electron chi connectivity index (χ1n) is 8.05. The van der Waals surface area contributed by atoms with Crippen LogP contribution in [-0.2, 0) is 0 Å². The number of nitrogens with zero attached hydrogens (tertiary/aromatic N) is 4. The minimum absolute atomic E-state index is 0.342. The smallest absolute Gasteiger partial charge is 0.308 e. The highest BCUT2D eigenvalue weighted by Crippen LogP contribution is 2.19. The first-order valence-corrected chi connectivity index (χ1v) is 9.27. The molecule has 0 saturated carbocycles. The van der Waals surface area contributed by atoms with Crippen molar-refractivity contribution in [1.82, 2.24) is 19.5 Å². The maximum atomic E-state index is 12.1. The van der Waals surface area contributed by atoms with Crippen LogP contribution in [0.3, 0.4) is 0 Å². The quantitative estimate of drug-likeness (QED) is 0.681. The topological polar surface area (TPSA) is 84.7 Å². The van der Waals surface area contributed by atoms with Gasteiger partial charge in [-0.2, -0.15) is 0 Å². The van der Waals surface area contributed by atoms with Gasteiger partial charge in [0.05, 0.1) is 23.8 Å². The van der Waals surface area contributed by atoms with Gasteiger partial charge in [-0.15, -0.1) is 11.8 Å². The Hall–Kier alpha value is -2.87. The zero-order chi connectivity index (χ0) is 18.7. The summed E-state index contributed by atoms with van der Waals surface area (Å²) in [6.07, 6.45) is 5.14. The van der Waals surface area contributed by atoms with Crippen LogP contribution in [-0.4, -0.2) is 31.8 Å². The summed E-state index contributed by atoms with van der Waals surface area (Å²) in [5, 5.41) is 5.53. The molecule has 0 atom stereocenters. The summed E-state index contributed by atoms with van der Waals surface area (Å²) in [6.45, 7) is 5.83. The Balaban J connectivity index is 1.70. The van der Waals surface area contributed by atoms with E-state index in [9.17, 15) is 4.79 Å². The van der Waals surface area contributed by atoms with Crippen molar-refractivity contribution in [3.8, 4) is 5.95 Å². The number of thioether (sulfide) groups is 1. The number of anilines is 2. The molecule has 0 aliphatic carbocycles. The number of carbonyl (C=O) groups excluding carboxylic acids is 1. The molecule has 0 aliphatic heterocycles. The number of aryl methyl sites for hydroxylation is 2. The van der Waals surface area contributed by atoms with Gasteiger partial charge in [0.25, 0.3) is 0 Å². The second kappa shape index (κ2) is 7.57. The predicted molar refractivity (Wildman–Crippen MR) is 104 cm³/mol. The molecule has 8 heteroatoms. The van der Waals surface area contributed by atoms with Crippen LogP contribution in [0.25, 0.3) is 5.95 Å². The number of carbonyl (C=O) groups is 1. The van der Waals surface area contributed by atoms with Gasteiger partial charge in [0.1, 0.15) is 5.82 Å². The monoisotopic (exact) mass is 368 g/mol. The first-order chi connectivity index (χ1) is 12.5. The SMILES string of the molecule is CSc1cccc(NC(=O)Nc2cnc(-n3c(C)nc(C)c3C)nc2)c1. The Labute approximate surface area is 156 Å². The lowest BCUT2D eigenvalue weighted by molar-refractivity contribution is 0.262. The van der Waals surface area contributed by atoms with Crippen LogP contribution in [0.1, 0.15) is 17.2 Å². The Morgan fingerprint density at radius 1 is 1.08 bits per heavy atom. The van der Waals surface area contributed by atoms with E-state index >= 15 is 0 Å². The lowest BCUT2D eigenvalue weighted by atomic mass is 10.3. The van der Waals surface area contributed by atoms with Gasteiger partial charge in [-0.05, 0) is 45.2 Å². The van der Waals surface area contributed by atoms with Gasteiger partial charge < -0.3 is 10.6 Å². The van der Waals surface area contributed by atoms with Crippen LogP contribution >= 0.6 is 11.8 Å². The highest BCUT2D eigenvalue weighted by molar-refractivity contribution is 7.98. The van der Waals surface area contributed by atoms with Gasteiger partial charge in [0.15, 0.2) is 0 Å². The van der Waals surface area contributed by atoms with E-state index in [0.29, 0.717) is 11.6 Å². The second-order valence-electron chi connectivity index (χ2n) is 5.75. The van der Waals surface area contributed by atoms with Crippen molar-refractivity contribution < 1.29 is 4.79 Å². The summed E-state index contributed by atoms with van der Waals surface area (Å²) < 4.78 is 1.88. The summed E-state index contributed by atoms with van der Waals surface area (Å²) >= 11 is 1.62. The molecule has 0 aliphatic rings. The lowest BCUT2D eigenvalue weighted by Gasteiger charge is -2.09. The Kier molecular flexibility index (Phi) is 5.22. The largest absolute Gasteiger partial charge is 0.323 e. The fourth-order valence-electron chi connectivity index (χ4n) is 2.57. The van der Waals surface area contributed by atoms with Crippen molar-refractivity contribution in [2.45, 2.75) is 25.7 Å². The standard InChI is InChI=1S/C18H20N6OS/c1-11-12(2)24(13(3)21-11)17-19-9-15(10-20-17)23-18(25)22-14-6-5-7-16(8-14)26-4/h5-10H,1-4H3,(H2,22,23,25). The lowest BCUT2D eigenvalue weighted by Crippen LogP contribution is -2.19. The highest BCUT2D eigenvalue weighted by atomic mass is 32.2. The van der Waals surface area contributed by atoms with Gasteiger partial charge in [-0.1, -0.05) is 6.07 Å². The number of amides is 2. The average Bonchev–Trinajstić information content (AvgIpc) is 2.88. The number of hydrogen-bond donors (Lipinski definition) is 2. The number of imidazole rings is 1. The van der Waals surface area contributed by atoms with E-state index in [1.807, 2.05) is 55.9 Å². The van der Waals surface area contributed by atoms with Crippen molar-refractivity contribution in [2.75, 3.05) is 16.9 Å². The van der Waals surface area contributed by atoms with E-state index in [1.54, 1.807) is 24.2 Å². The van der Waals surface area contributed by atoms with Gasteiger partial charge in [0, 0.05) is 16.3 Å². The number of benzene rings is 1. The second-order valence-corrected chi connectivity index (χ2v) is 6.63. The zero-order valence-electron chi connectivity index (χ0n) is 15.1. The molecule has 2 aromatic heterocycles. The summed E-state index contributed by atoms with van der Waals surface area (Å²) in [4.78, 5) is 26.3. The van der Waals surface area contributed by atoms with Crippen LogP contribution in [0, 0.1) is 20.8 Å². The summed E-state index contributed by atoms with van der Waals surface area (Å²) in [5.41, 5.74) is 3.18. The van der Waals surface area contributed by atoms with Crippen LogP contribution in [0.5, 0.6) is 0 Å². The minimum atomic E-state index is -0.342. The van der Waals surface area contributed by atoms with Crippen molar-refractivity contribution in [1.29, 1.82) is 0 Å². The molecule has 2 heterocycles. The molecule has 0 fully saturated rings. The van der Waals surface area contributed by atoms with Crippen molar-refractivity contribution >= 4 is 29.2 Å². The molecule has 0 bridgehead atoms. The molecule has 2 N–H and O–H groups in total. The van der Waals surface area contributed by atoms with Crippen LogP contribution < -0.4 is 10.6 Å². The maximum Gasteiger partial charge on any atom is 0.323 e. The number of urea groups is 1. The molecular formula is C18H20N6OS. The zero-order valence-corrected chi connectivity index (χ0v) is 15.9. The number of rotatable bonds is 4. The summed E-state index contributed by atoms with van der Waals surface area (Å²) in [6, 6.07) is 7.30. The number of aromatic nitrogens is 4. The normalized spacial score (nSPS) is 10.6. The fraction of sp³-hybridized carbons (Fsp3) is 0.222. The average molecular weight is 368 g/mol. The van der Waals surface area contributed by atoms with Crippen LogP contribution in [0.2, 0.25) is 0 Å². The molecule has 0 spiro atoms. The molecule has 0 unspecified atom stereocenters. The van der Waals surface area contributed by atoms with Crippen molar-refractivity contribution in [3.05, 3.63) is 53.9 Å². The van der Waals surface area contributed by atoms with Gasteiger partial charge >= 0.3 is 6.03 Å². The molecule has 3 rings (SSSR count). The Morgan fingerprint density at radius 3 is 2.38 bits per heavy atom. The van der Waals surface area contributed by atoms with E-state index in [1.165, 1.54) is 0 Å². The maximum absolute atomic E-state index is 12.1. The fourth-order valence-corrected chi connectivity index (χ4v) is 3.03. The molecule has 0 saturated heterocycles. The van der Waals surface area contributed by atoms with Gasteiger partial charge in [-0.25, -0.2) is 19.7 Å². The Morgan fingerprint density at radius 2 is 1.77 bits per heavy atom. The number of nitrogens with one attached hydrogen (secondary N) is 2. The van der Waals surface area contributed by atoms with Gasteiger partial charge in [0.2, 0.25) is 5.95 Å². The molecular weight excluding hydrogens is 348 g/mol. The van der Waals surface area contributed by atoms with Gasteiger partial charge in [-0.3, -0.25) is 4.57 Å². The van der Waals surface area contributed by atoms with E-state index in [-0.39, 0.29) is 6.03 Å². The van der Waals surface area contributed by atoms with Crippen molar-refractivity contribution in [3.63, 3.8) is 0 Å². The molecule has 134 valence electrons.